The molecule has 0 aliphatic carbocycles. The molecule has 6 heteroatoms. The number of nitrogens with zero attached hydrogens (tertiary/aromatic N) is 3. The lowest BCUT2D eigenvalue weighted by Gasteiger charge is -2.41. The van der Waals surface area contributed by atoms with Crippen LogP contribution in [-0.2, 0) is 14.9 Å². The van der Waals surface area contributed by atoms with Gasteiger partial charge in [0, 0.05) is 26.1 Å². The number of fused-ring (bicyclic) bond motifs is 1. The first-order chi connectivity index (χ1) is 10.5. The van der Waals surface area contributed by atoms with Crippen LogP contribution < -0.4 is 0 Å². The fourth-order valence-electron chi connectivity index (χ4n) is 3.53. The summed E-state index contributed by atoms with van der Waals surface area (Å²) in [5.41, 5.74) is -0.312. The normalized spacial score (nSPS) is 28.2. The fourth-order valence-corrected chi connectivity index (χ4v) is 3.53. The number of piperidine rings is 1. The minimum Gasteiger partial charge on any atom is -0.377 e. The number of amides is 1. The van der Waals surface area contributed by atoms with E-state index in [1.807, 2.05) is 11.8 Å². The fraction of sp³-hybridized carbons (Fsp3) is 0.812. The second-order valence-corrected chi connectivity index (χ2v) is 6.95. The zero-order valence-corrected chi connectivity index (χ0v) is 13.7. The van der Waals surface area contributed by atoms with E-state index in [0.29, 0.717) is 37.2 Å². The maximum atomic E-state index is 12.5. The number of hydrogen-bond acceptors (Lipinski definition) is 5. The number of likely N-dealkylation sites (tertiary alicyclic amines) is 1. The Balaban J connectivity index is 1.77. The molecule has 0 spiro atoms. The van der Waals surface area contributed by atoms with Gasteiger partial charge in [-0.1, -0.05) is 19.0 Å². The van der Waals surface area contributed by atoms with Crippen LogP contribution in [0, 0.1) is 12.8 Å². The predicted molar refractivity (Wildman–Crippen MR) is 80.3 cm³/mol. The summed E-state index contributed by atoms with van der Waals surface area (Å²) in [5, 5.41) is 3.93. The van der Waals surface area contributed by atoms with Crippen LogP contribution in [0.15, 0.2) is 4.52 Å². The first-order valence-corrected chi connectivity index (χ1v) is 8.21. The maximum absolute atomic E-state index is 12.5. The number of carbonyl (C=O) groups is 1. The molecule has 122 valence electrons. The van der Waals surface area contributed by atoms with Gasteiger partial charge in [0.15, 0.2) is 5.82 Å². The number of carbonyl (C=O) groups excluding carboxylic acids is 1. The summed E-state index contributed by atoms with van der Waals surface area (Å²) in [7, 11) is 0. The monoisotopic (exact) mass is 307 g/mol. The summed E-state index contributed by atoms with van der Waals surface area (Å²) < 4.78 is 11.3. The van der Waals surface area contributed by atoms with E-state index in [1.165, 1.54) is 0 Å². The van der Waals surface area contributed by atoms with Crippen molar-refractivity contribution in [2.24, 2.45) is 5.92 Å². The van der Waals surface area contributed by atoms with E-state index in [0.717, 1.165) is 25.8 Å². The summed E-state index contributed by atoms with van der Waals surface area (Å²) in [6, 6.07) is 0. The third-order valence-corrected chi connectivity index (χ3v) is 4.86. The maximum Gasteiger partial charge on any atom is 0.237 e. The van der Waals surface area contributed by atoms with Crippen LogP contribution in [0.2, 0.25) is 0 Å². The summed E-state index contributed by atoms with van der Waals surface area (Å²) in [6.07, 6.45) is 3.31. The molecule has 6 nitrogen and oxygen atoms in total. The second-order valence-electron chi connectivity index (χ2n) is 6.95. The minimum absolute atomic E-state index is 0.0847. The average molecular weight is 307 g/mol. The molecule has 0 N–H and O–H groups in total. The van der Waals surface area contributed by atoms with Crippen LogP contribution in [0.25, 0.3) is 0 Å². The molecule has 1 amide bonds. The van der Waals surface area contributed by atoms with Gasteiger partial charge in [0.05, 0.1) is 11.5 Å². The molecule has 0 radical (unpaired) electrons. The Kier molecular flexibility index (Phi) is 4.21. The topological polar surface area (TPSA) is 68.5 Å². The Morgan fingerprint density at radius 2 is 2.32 bits per heavy atom. The highest BCUT2D eigenvalue weighted by atomic mass is 16.5. The number of rotatable bonds is 4. The van der Waals surface area contributed by atoms with Crippen molar-refractivity contribution in [2.45, 2.75) is 58.0 Å². The standard InChI is InChI=1S/C16H25N3O3/c1-11(2)4-5-14(20)19-8-6-13-16(10-19,7-9-21-13)15-17-12(3)18-22-15/h11,13H,4-10H2,1-3H3/t13-,16-/m1/s1. The van der Waals surface area contributed by atoms with Crippen molar-refractivity contribution in [1.82, 2.24) is 15.0 Å². The van der Waals surface area contributed by atoms with E-state index < -0.39 is 0 Å². The molecule has 0 aromatic carbocycles. The van der Waals surface area contributed by atoms with Gasteiger partial charge in [0.25, 0.3) is 0 Å². The molecular formula is C16H25N3O3. The Morgan fingerprint density at radius 1 is 1.50 bits per heavy atom. The van der Waals surface area contributed by atoms with Gasteiger partial charge < -0.3 is 14.2 Å². The molecule has 2 fully saturated rings. The number of hydrogen-bond donors (Lipinski definition) is 0. The molecule has 0 unspecified atom stereocenters. The average Bonchev–Trinajstić information content (AvgIpc) is 3.10. The van der Waals surface area contributed by atoms with Gasteiger partial charge >= 0.3 is 0 Å². The first-order valence-electron chi connectivity index (χ1n) is 8.21. The van der Waals surface area contributed by atoms with Crippen LogP contribution in [0.4, 0.5) is 0 Å². The van der Waals surface area contributed by atoms with E-state index in [1.54, 1.807) is 0 Å². The summed E-state index contributed by atoms with van der Waals surface area (Å²) >= 11 is 0. The lowest BCUT2D eigenvalue weighted by atomic mass is 9.76. The summed E-state index contributed by atoms with van der Waals surface area (Å²) in [5.74, 6) is 2.05. The van der Waals surface area contributed by atoms with Crippen LogP contribution in [0.5, 0.6) is 0 Å². The zero-order valence-electron chi connectivity index (χ0n) is 13.7. The van der Waals surface area contributed by atoms with Crippen molar-refractivity contribution < 1.29 is 14.1 Å². The quantitative estimate of drug-likeness (QED) is 0.852. The Bertz CT molecular complexity index is 542. The number of aryl methyl sites for hydroxylation is 1. The molecule has 2 saturated heterocycles. The van der Waals surface area contributed by atoms with Crippen LogP contribution in [0.1, 0.15) is 51.2 Å². The van der Waals surface area contributed by atoms with Gasteiger partial charge in [0.1, 0.15) is 0 Å². The van der Waals surface area contributed by atoms with E-state index in [2.05, 4.69) is 24.0 Å². The lowest BCUT2D eigenvalue weighted by Crippen LogP contribution is -2.54. The smallest absolute Gasteiger partial charge is 0.237 e. The molecular weight excluding hydrogens is 282 g/mol. The molecule has 3 heterocycles. The Morgan fingerprint density at radius 3 is 3.00 bits per heavy atom. The highest BCUT2D eigenvalue weighted by Crippen LogP contribution is 2.42. The molecule has 22 heavy (non-hydrogen) atoms. The van der Waals surface area contributed by atoms with Crippen molar-refractivity contribution in [3.8, 4) is 0 Å². The van der Waals surface area contributed by atoms with Crippen molar-refractivity contribution in [3.63, 3.8) is 0 Å². The van der Waals surface area contributed by atoms with Gasteiger partial charge in [0.2, 0.25) is 11.8 Å². The molecule has 2 aliphatic heterocycles. The SMILES string of the molecule is Cc1noc([C@@]23CCO[C@@H]2CCN(C(=O)CCC(C)C)C3)n1. The van der Waals surface area contributed by atoms with Crippen molar-refractivity contribution in [3.05, 3.63) is 11.7 Å². The van der Waals surface area contributed by atoms with Gasteiger partial charge in [-0.15, -0.1) is 0 Å². The molecule has 1 aromatic heterocycles. The first kappa shape index (κ1) is 15.5. The highest BCUT2D eigenvalue weighted by Gasteiger charge is 2.53. The second kappa shape index (κ2) is 5.99. The van der Waals surface area contributed by atoms with E-state index in [9.17, 15) is 4.79 Å². The summed E-state index contributed by atoms with van der Waals surface area (Å²) in [4.78, 5) is 18.9. The third-order valence-electron chi connectivity index (χ3n) is 4.86. The Hall–Kier alpha value is -1.43. The van der Waals surface area contributed by atoms with E-state index >= 15 is 0 Å². The van der Waals surface area contributed by atoms with Crippen LogP contribution in [-0.4, -0.2) is 46.7 Å². The molecule has 1 aromatic rings. The van der Waals surface area contributed by atoms with E-state index in [-0.39, 0.29) is 17.4 Å². The van der Waals surface area contributed by atoms with Crippen molar-refractivity contribution >= 4 is 5.91 Å². The van der Waals surface area contributed by atoms with Gasteiger partial charge in [-0.25, -0.2) is 0 Å². The minimum atomic E-state index is -0.312. The van der Waals surface area contributed by atoms with Crippen molar-refractivity contribution in [2.75, 3.05) is 19.7 Å². The van der Waals surface area contributed by atoms with Crippen molar-refractivity contribution in [1.29, 1.82) is 0 Å². The van der Waals surface area contributed by atoms with Gasteiger partial charge in [-0.3, -0.25) is 4.79 Å². The Labute approximate surface area is 131 Å². The highest BCUT2D eigenvalue weighted by molar-refractivity contribution is 5.76. The van der Waals surface area contributed by atoms with E-state index in [4.69, 9.17) is 9.26 Å². The van der Waals surface area contributed by atoms with Gasteiger partial charge in [-0.2, -0.15) is 4.98 Å². The lowest BCUT2D eigenvalue weighted by molar-refractivity contribution is -0.135. The number of aromatic nitrogens is 2. The molecule has 0 saturated carbocycles. The van der Waals surface area contributed by atoms with Crippen LogP contribution in [0.3, 0.4) is 0 Å². The molecule has 2 atom stereocenters. The number of ether oxygens (including phenoxy) is 1. The molecule has 0 bridgehead atoms. The zero-order chi connectivity index (χ0) is 15.7. The molecule has 2 aliphatic rings. The van der Waals surface area contributed by atoms with Gasteiger partial charge in [-0.05, 0) is 32.1 Å². The summed E-state index contributed by atoms with van der Waals surface area (Å²) in [6.45, 7) is 8.20. The third kappa shape index (κ3) is 2.76. The molecule has 3 rings (SSSR count). The van der Waals surface area contributed by atoms with Crippen LogP contribution >= 0.6 is 0 Å². The predicted octanol–water partition coefficient (Wildman–Crippen LogP) is 2.07. The largest absolute Gasteiger partial charge is 0.377 e.